The van der Waals surface area contributed by atoms with Gasteiger partial charge >= 0.3 is 0 Å². The van der Waals surface area contributed by atoms with Crippen molar-refractivity contribution in [3.05, 3.63) is 29.8 Å². The lowest BCUT2D eigenvalue weighted by Gasteiger charge is -2.37. The molecule has 1 aromatic carbocycles. The van der Waals surface area contributed by atoms with Gasteiger partial charge in [0.25, 0.3) is 0 Å². The molecule has 1 aliphatic rings. The van der Waals surface area contributed by atoms with Gasteiger partial charge in [-0.3, -0.25) is 9.10 Å². The van der Waals surface area contributed by atoms with Crippen LogP contribution in [0.15, 0.2) is 24.3 Å². The third-order valence-corrected chi connectivity index (χ3v) is 5.70. The monoisotopic (exact) mass is 353 g/mol. The Balaban J connectivity index is 2.22. The Bertz CT molecular complexity index is 682. The highest BCUT2D eigenvalue weighted by molar-refractivity contribution is 7.92. The Morgan fingerprint density at radius 2 is 1.88 bits per heavy atom. The van der Waals surface area contributed by atoms with Gasteiger partial charge < -0.3 is 9.80 Å². The smallest absolute Gasteiger partial charge is 0.246 e. The summed E-state index contributed by atoms with van der Waals surface area (Å²) in [6.07, 6.45) is 1.15. The van der Waals surface area contributed by atoms with E-state index in [1.807, 2.05) is 13.0 Å². The van der Waals surface area contributed by atoms with Crippen molar-refractivity contribution in [2.75, 3.05) is 43.3 Å². The van der Waals surface area contributed by atoms with Crippen LogP contribution in [0.3, 0.4) is 0 Å². The number of aryl methyl sites for hydroxylation is 1. The lowest BCUT2D eigenvalue weighted by atomic mass is 10.2. The fourth-order valence-electron chi connectivity index (χ4n) is 3.12. The van der Waals surface area contributed by atoms with Crippen LogP contribution in [0.4, 0.5) is 5.69 Å². The van der Waals surface area contributed by atoms with Crippen LogP contribution < -0.4 is 4.31 Å². The van der Waals surface area contributed by atoms with Crippen LogP contribution >= 0.6 is 0 Å². The van der Waals surface area contributed by atoms with Crippen LogP contribution in [-0.2, 0) is 14.8 Å². The number of amides is 1. The minimum atomic E-state index is -3.56. The lowest BCUT2D eigenvalue weighted by Crippen LogP contribution is -2.55. The fourth-order valence-corrected chi connectivity index (χ4v) is 4.28. The van der Waals surface area contributed by atoms with Crippen molar-refractivity contribution in [1.82, 2.24) is 9.80 Å². The van der Waals surface area contributed by atoms with Gasteiger partial charge in [0.2, 0.25) is 15.9 Å². The predicted octanol–water partition coefficient (Wildman–Crippen LogP) is 1.31. The Morgan fingerprint density at radius 3 is 2.38 bits per heavy atom. The molecule has 1 aliphatic heterocycles. The van der Waals surface area contributed by atoms with E-state index in [0.29, 0.717) is 18.8 Å². The van der Waals surface area contributed by atoms with E-state index < -0.39 is 16.1 Å². The molecular formula is C17H27N3O3S. The molecule has 7 heteroatoms. The molecule has 1 atom stereocenters. The minimum absolute atomic E-state index is 0.141. The van der Waals surface area contributed by atoms with Crippen molar-refractivity contribution in [2.24, 2.45) is 0 Å². The molecule has 1 fully saturated rings. The zero-order valence-electron chi connectivity index (χ0n) is 14.9. The highest BCUT2D eigenvalue weighted by atomic mass is 32.2. The van der Waals surface area contributed by atoms with Gasteiger partial charge in [0.15, 0.2) is 0 Å². The van der Waals surface area contributed by atoms with Crippen molar-refractivity contribution in [3.8, 4) is 0 Å². The molecule has 0 saturated carbocycles. The number of benzene rings is 1. The maximum absolute atomic E-state index is 12.8. The third kappa shape index (κ3) is 4.27. The molecule has 6 nitrogen and oxygen atoms in total. The summed E-state index contributed by atoms with van der Waals surface area (Å²) in [7, 11) is -3.56. The van der Waals surface area contributed by atoms with E-state index in [1.54, 1.807) is 30.0 Å². The molecule has 1 saturated heterocycles. The predicted molar refractivity (Wildman–Crippen MR) is 96.7 cm³/mol. The fraction of sp³-hybridized carbons (Fsp3) is 0.588. The average Bonchev–Trinajstić information content (AvgIpc) is 2.53. The summed E-state index contributed by atoms with van der Waals surface area (Å²) in [5.41, 5.74) is 1.49. The van der Waals surface area contributed by atoms with Crippen molar-refractivity contribution in [1.29, 1.82) is 0 Å². The number of piperazine rings is 1. The zero-order chi connectivity index (χ0) is 17.9. The summed E-state index contributed by atoms with van der Waals surface area (Å²) in [6, 6.07) is 6.47. The number of carbonyl (C=O) groups is 1. The highest BCUT2D eigenvalue weighted by Crippen LogP contribution is 2.23. The summed E-state index contributed by atoms with van der Waals surface area (Å²) >= 11 is 0. The van der Waals surface area contributed by atoms with Crippen LogP contribution in [0.1, 0.15) is 19.4 Å². The number of nitrogens with zero attached hydrogens (tertiary/aromatic N) is 3. The van der Waals surface area contributed by atoms with Crippen LogP contribution in [0.5, 0.6) is 0 Å². The molecule has 0 radical (unpaired) electrons. The molecule has 0 spiro atoms. The average molecular weight is 353 g/mol. The number of carbonyl (C=O) groups excluding carboxylic acids is 1. The first kappa shape index (κ1) is 18.7. The van der Waals surface area contributed by atoms with Crippen LogP contribution in [-0.4, -0.2) is 69.1 Å². The molecule has 0 N–H and O–H groups in total. The topological polar surface area (TPSA) is 60.9 Å². The Kier molecular flexibility index (Phi) is 5.87. The van der Waals surface area contributed by atoms with E-state index in [-0.39, 0.29) is 5.91 Å². The van der Waals surface area contributed by atoms with Crippen LogP contribution in [0, 0.1) is 6.92 Å². The molecule has 0 aromatic heterocycles. The summed E-state index contributed by atoms with van der Waals surface area (Å²) in [6.45, 7) is 9.58. The molecule has 24 heavy (non-hydrogen) atoms. The van der Waals surface area contributed by atoms with Crippen LogP contribution in [0.2, 0.25) is 0 Å². The van der Waals surface area contributed by atoms with Crippen LogP contribution in [0.25, 0.3) is 0 Å². The Morgan fingerprint density at radius 1 is 1.25 bits per heavy atom. The third-order valence-electron chi connectivity index (χ3n) is 4.45. The maximum Gasteiger partial charge on any atom is 0.246 e. The number of anilines is 1. The molecule has 0 bridgehead atoms. The molecule has 1 heterocycles. The zero-order valence-corrected chi connectivity index (χ0v) is 15.7. The molecule has 1 unspecified atom stereocenters. The standard InChI is InChI=1S/C17H27N3O3S/c1-5-18-9-11-19(12-10-18)17(21)15(3)20(24(4,22)23)16-8-6-7-14(2)13-16/h6-8,13,15H,5,9-12H2,1-4H3. The van der Waals surface area contributed by atoms with Gasteiger partial charge in [-0.2, -0.15) is 0 Å². The first-order valence-corrected chi connectivity index (χ1v) is 10.2. The van der Waals surface area contributed by atoms with Crippen molar-refractivity contribution >= 4 is 21.6 Å². The van der Waals surface area contributed by atoms with E-state index in [9.17, 15) is 13.2 Å². The van der Waals surface area contributed by atoms with Gasteiger partial charge in [0, 0.05) is 26.2 Å². The largest absolute Gasteiger partial charge is 0.338 e. The molecule has 134 valence electrons. The second-order valence-electron chi connectivity index (χ2n) is 6.33. The highest BCUT2D eigenvalue weighted by Gasteiger charge is 2.33. The minimum Gasteiger partial charge on any atom is -0.338 e. The van der Waals surface area contributed by atoms with E-state index in [0.717, 1.165) is 31.5 Å². The van der Waals surface area contributed by atoms with Crippen molar-refractivity contribution in [3.63, 3.8) is 0 Å². The molecular weight excluding hydrogens is 326 g/mol. The van der Waals surface area contributed by atoms with Gasteiger partial charge in [0.05, 0.1) is 11.9 Å². The van der Waals surface area contributed by atoms with E-state index >= 15 is 0 Å². The summed E-state index contributed by atoms with van der Waals surface area (Å²) in [5.74, 6) is -0.141. The van der Waals surface area contributed by atoms with Crippen molar-refractivity contribution in [2.45, 2.75) is 26.8 Å². The summed E-state index contributed by atoms with van der Waals surface area (Å²) in [5, 5.41) is 0. The lowest BCUT2D eigenvalue weighted by molar-refractivity contribution is -0.133. The normalized spacial score (nSPS) is 17.6. The van der Waals surface area contributed by atoms with Gasteiger partial charge in [-0.25, -0.2) is 8.42 Å². The van der Waals surface area contributed by atoms with Gasteiger partial charge in [-0.1, -0.05) is 19.1 Å². The number of hydrogen-bond donors (Lipinski definition) is 0. The van der Waals surface area contributed by atoms with Gasteiger partial charge in [0.1, 0.15) is 6.04 Å². The first-order valence-electron chi connectivity index (χ1n) is 8.31. The Labute approximate surface area is 145 Å². The maximum atomic E-state index is 12.8. The quantitative estimate of drug-likeness (QED) is 0.801. The Hall–Kier alpha value is -1.60. The summed E-state index contributed by atoms with van der Waals surface area (Å²) < 4.78 is 25.9. The molecule has 1 aromatic rings. The van der Waals surface area contributed by atoms with Gasteiger partial charge in [-0.05, 0) is 38.1 Å². The van der Waals surface area contributed by atoms with E-state index in [4.69, 9.17) is 0 Å². The second kappa shape index (κ2) is 7.53. The van der Waals surface area contributed by atoms with E-state index in [2.05, 4.69) is 11.8 Å². The molecule has 0 aliphatic carbocycles. The molecule has 2 rings (SSSR count). The number of rotatable bonds is 5. The van der Waals surface area contributed by atoms with E-state index in [1.165, 1.54) is 4.31 Å². The molecule has 1 amide bonds. The number of sulfonamides is 1. The van der Waals surface area contributed by atoms with Gasteiger partial charge in [-0.15, -0.1) is 0 Å². The number of likely N-dealkylation sites (N-methyl/N-ethyl adjacent to an activating group) is 1. The summed E-state index contributed by atoms with van der Waals surface area (Å²) in [4.78, 5) is 16.9. The van der Waals surface area contributed by atoms with Crippen molar-refractivity contribution < 1.29 is 13.2 Å². The first-order chi connectivity index (χ1) is 11.2. The SMILES string of the molecule is CCN1CCN(C(=O)C(C)N(c2cccc(C)c2)S(C)(=O)=O)CC1. The second-order valence-corrected chi connectivity index (χ2v) is 8.19. The number of hydrogen-bond acceptors (Lipinski definition) is 4.